The standard InChI is InChI=1S/C53H99NO5/c1-3-5-7-9-11-13-15-16-17-21-24-27-31-35-39-43-47-53(58)59-48-44-40-36-32-28-25-22-19-18-20-23-26-30-34-38-42-46-52(57)54-50(49-55)51(56)45-41-37-33-29-14-12-10-8-6-4-2/h13,15,17,21,41,45,50-51,55-56H,3-12,14,16,18-20,22-40,42-44,46-49H2,1-2H3,(H,54,57)/b15-13-,21-17-,45-41+. The fourth-order valence-electron chi connectivity index (χ4n) is 7.66. The lowest BCUT2D eigenvalue weighted by Gasteiger charge is -2.20. The number of amides is 1. The van der Waals surface area contributed by atoms with Crippen LogP contribution in [-0.2, 0) is 14.3 Å². The molecule has 0 fully saturated rings. The van der Waals surface area contributed by atoms with E-state index in [0.717, 1.165) is 57.8 Å². The van der Waals surface area contributed by atoms with Gasteiger partial charge in [0, 0.05) is 12.8 Å². The monoisotopic (exact) mass is 830 g/mol. The van der Waals surface area contributed by atoms with Gasteiger partial charge in [-0.2, -0.15) is 0 Å². The number of carbonyl (C=O) groups excluding carboxylic acids is 2. The minimum absolute atomic E-state index is 0.0122. The molecule has 0 aliphatic rings. The van der Waals surface area contributed by atoms with Crippen LogP contribution in [0.4, 0.5) is 0 Å². The number of ether oxygens (including phenoxy) is 1. The summed E-state index contributed by atoms with van der Waals surface area (Å²) >= 11 is 0. The molecule has 0 heterocycles. The van der Waals surface area contributed by atoms with Crippen LogP contribution in [0, 0.1) is 0 Å². The Balaban J connectivity index is 3.44. The average molecular weight is 830 g/mol. The van der Waals surface area contributed by atoms with Crippen LogP contribution in [0.3, 0.4) is 0 Å². The summed E-state index contributed by atoms with van der Waals surface area (Å²) in [6.45, 7) is 4.84. The number of carbonyl (C=O) groups is 2. The van der Waals surface area contributed by atoms with Gasteiger partial charge in [-0.1, -0.05) is 224 Å². The first kappa shape index (κ1) is 57.1. The van der Waals surface area contributed by atoms with Gasteiger partial charge in [-0.15, -0.1) is 0 Å². The molecule has 3 N–H and O–H groups in total. The van der Waals surface area contributed by atoms with E-state index < -0.39 is 12.1 Å². The molecule has 1 amide bonds. The van der Waals surface area contributed by atoms with Crippen LogP contribution in [0.5, 0.6) is 0 Å². The number of rotatable bonds is 47. The van der Waals surface area contributed by atoms with E-state index in [-0.39, 0.29) is 18.5 Å². The summed E-state index contributed by atoms with van der Waals surface area (Å²) in [4.78, 5) is 24.4. The van der Waals surface area contributed by atoms with Crippen molar-refractivity contribution in [2.24, 2.45) is 0 Å². The maximum Gasteiger partial charge on any atom is 0.305 e. The average Bonchev–Trinajstić information content (AvgIpc) is 3.24. The van der Waals surface area contributed by atoms with E-state index in [9.17, 15) is 19.8 Å². The number of hydrogen-bond donors (Lipinski definition) is 3. The number of nitrogens with one attached hydrogen (secondary N) is 1. The van der Waals surface area contributed by atoms with Gasteiger partial charge >= 0.3 is 5.97 Å². The van der Waals surface area contributed by atoms with Crippen LogP contribution in [-0.4, -0.2) is 47.4 Å². The Morgan fingerprint density at radius 3 is 1.31 bits per heavy atom. The Morgan fingerprint density at radius 1 is 0.475 bits per heavy atom. The molecule has 2 unspecified atom stereocenters. The van der Waals surface area contributed by atoms with Crippen LogP contribution in [0.15, 0.2) is 36.5 Å². The molecule has 0 saturated carbocycles. The normalized spacial score (nSPS) is 12.9. The molecular weight excluding hydrogens is 731 g/mol. The Bertz CT molecular complexity index is 962. The molecule has 0 aliphatic heterocycles. The van der Waals surface area contributed by atoms with Crippen molar-refractivity contribution in [3.63, 3.8) is 0 Å². The quantitative estimate of drug-likeness (QED) is 0.0323. The third-order valence-electron chi connectivity index (χ3n) is 11.7. The van der Waals surface area contributed by atoms with Crippen LogP contribution < -0.4 is 5.32 Å². The van der Waals surface area contributed by atoms with E-state index in [1.807, 2.05) is 6.08 Å². The minimum atomic E-state index is -0.847. The first-order chi connectivity index (χ1) is 29.0. The molecule has 0 aromatic carbocycles. The van der Waals surface area contributed by atoms with Crippen molar-refractivity contribution in [3.05, 3.63) is 36.5 Å². The van der Waals surface area contributed by atoms with Gasteiger partial charge in [-0.05, 0) is 64.2 Å². The molecule has 0 radical (unpaired) electrons. The second kappa shape index (κ2) is 48.7. The number of aliphatic hydroxyl groups excluding tert-OH is 2. The van der Waals surface area contributed by atoms with Crippen LogP contribution in [0.25, 0.3) is 0 Å². The van der Waals surface area contributed by atoms with E-state index in [4.69, 9.17) is 4.74 Å². The highest BCUT2D eigenvalue weighted by molar-refractivity contribution is 5.76. The molecule has 0 bridgehead atoms. The Kier molecular flexibility index (Phi) is 47.2. The van der Waals surface area contributed by atoms with Gasteiger partial charge in [-0.25, -0.2) is 0 Å². The van der Waals surface area contributed by atoms with Crippen molar-refractivity contribution in [3.8, 4) is 0 Å². The van der Waals surface area contributed by atoms with Crippen molar-refractivity contribution in [2.45, 2.75) is 276 Å². The Labute approximate surface area is 366 Å². The van der Waals surface area contributed by atoms with Crippen molar-refractivity contribution in [1.82, 2.24) is 5.32 Å². The number of esters is 1. The smallest absolute Gasteiger partial charge is 0.305 e. The van der Waals surface area contributed by atoms with Gasteiger partial charge in [0.1, 0.15) is 0 Å². The lowest BCUT2D eigenvalue weighted by Crippen LogP contribution is -2.45. The zero-order chi connectivity index (χ0) is 43.0. The molecule has 0 aromatic rings. The second-order valence-electron chi connectivity index (χ2n) is 17.5. The van der Waals surface area contributed by atoms with Crippen molar-refractivity contribution in [1.29, 1.82) is 0 Å². The van der Waals surface area contributed by atoms with Gasteiger partial charge < -0.3 is 20.3 Å². The highest BCUT2D eigenvalue weighted by Crippen LogP contribution is 2.15. The topological polar surface area (TPSA) is 95.9 Å². The lowest BCUT2D eigenvalue weighted by molar-refractivity contribution is -0.143. The Morgan fingerprint density at radius 2 is 0.847 bits per heavy atom. The molecule has 0 spiro atoms. The molecule has 59 heavy (non-hydrogen) atoms. The molecule has 6 heteroatoms. The summed E-state index contributed by atoms with van der Waals surface area (Å²) in [7, 11) is 0. The fraction of sp³-hybridized carbons (Fsp3) is 0.849. The number of hydrogen-bond acceptors (Lipinski definition) is 5. The maximum absolute atomic E-state index is 12.4. The molecule has 346 valence electrons. The van der Waals surface area contributed by atoms with E-state index >= 15 is 0 Å². The summed E-state index contributed by atoms with van der Waals surface area (Å²) in [6.07, 6.45) is 58.6. The zero-order valence-electron chi connectivity index (χ0n) is 39.2. The molecule has 0 rings (SSSR count). The molecule has 6 nitrogen and oxygen atoms in total. The Hall–Kier alpha value is -1.92. The zero-order valence-corrected chi connectivity index (χ0v) is 39.2. The van der Waals surface area contributed by atoms with Crippen molar-refractivity contribution >= 4 is 11.9 Å². The summed E-state index contributed by atoms with van der Waals surface area (Å²) < 4.78 is 5.46. The van der Waals surface area contributed by atoms with Gasteiger partial charge in [-0.3, -0.25) is 9.59 Å². The predicted molar refractivity (Wildman–Crippen MR) is 255 cm³/mol. The van der Waals surface area contributed by atoms with Gasteiger partial charge in [0.25, 0.3) is 0 Å². The van der Waals surface area contributed by atoms with Crippen LogP contribution in [0.2, 0.25) is 0 Å². The molecule has 2 atom stereocenters. The highest BCUT2D eigenvalue weighted by atomic mass is 16.5. The van der Waals surface area contributed by atoms with Gasteiger partial charge in [0.15, 0.2) is 0 Å². The van der Waals surface area contributed by atoms with Crippen LogP contribution in [0.1, 0.15) is 264 Å². The molecule has 0 aliphatic carbocycles. The maximum atomic E-state index is 12.4. The van der Waals surface area contributed by atoms with E-state index in [2.05, 4.69) is 43.5 Å². The van der Waals surface area contributed by atoms with E-state index in [0.29, 0.717) is 19.4 Å². The van der Waals surface area contributed by atoms with Crippen molar-refractivity contribution < 1.29 is 24.5 Å². The van der Waals surface area contributed by atoms with E-state index in [1.54, 1.807) is 6.08 Å². The summed E-state index contributed by atoms with van der Waals surface area (Å²) in [6, 6.07) is -0.632. The minimum Gasteiger partial charge on any atom is -0.466 e. The summed E-state index contributed by atoms with van der Waals surface area (Å²) in [5.74, 6) is -0.0901. The third-order valence-corrected chi connectivity index (χ3v) is 11.7. The second-order valence-corrected chi connectivity index (χ2v) is 17.5. The first-order valence-corrected chi connectivity index (χ1v) is 25.8. The van der Waals surface area contributed by atoms with Gasteiger partial charge in [0.05, 0.1) is 25.4 Å². The molecule has 0 saturated heterocycles. The number of unbranched alkanes of at least 4 members (excludes halogenated alkanes) is 32. The summed E-state index contributed by atoms with van der Waals surface area (Å²) in [5, 5.41) is 22.9. The lowest BCUT2D eigenvalue weighted by atomic mass is 10.0. The summed E-state index contributed by atoms with van der Waals surface area (Å²) in [5.41, 5.74) is 0. The molecular formula is C53H99NO5. The van der Waals surface area contributed by atoms with Crippen LogP contribution >= 0.6 is 0 Å². The first-order valence-electron chi connectivity index (χ1n) is 25.8. The van der Waals surface area contributed by atoms with Gasteiger partial charge in [0.2, 0.25) is 5.91 Å². The predicted octanol–water partition coefficient (Wildman–Crippen LogP) is 15.3. The largest absolute Gasteiger partial charge is 0.466 e. The fourth-order valence-corrected chi connectivity index (χ4v) is 7.66. The highest BCUT2D eigenvalue weighted by Gasteiger charge is 2.18. The van der Waals surface area contributed by atoms with E-state index in [1.165, 1.54) is 180 Å². The SMILES string of the molecule is CCCCCC/C=C\C/C=C\CCCCCCCC(=O)OCCCCCCCCCCCCCCCCCCC(=O)NC(CO)C(O)/C=C/CCCCCCCCCC. The number of aliphatic hydroxyl groups is 2. The number of allylic oxidation sites excluding steroid dienone is 5. The molecule has 0 aromatic heterocycles. The van der Waals surface area contributed by atoms with Crippen molar-refractivity contribution in [2.75, 3.05) is 13.2 Å². The third kappa shape index (κ3) is 45.4.